The first-order valence-corrected chi connectivity index (χ1v) is 6.54. The van der Waals surface area contributed by atoms with Gasteiger partial charge in [0.25, 0.3) is 0 Å². The molecule has 0 aliphatic heterocycles. The molecule has 2 N–H and O–H groups in total. The summed E-state index contributed by atoms with van der Waals surface area (Å²) >= 11 is 0. The van der Waals surface area contributed by atoms with Crippen LogP contribution in [0.4, 0.5) is 0 Å². The lowest BCUT2D eigenvalue weighted by atomic mass is 9.94. The van der Waals surface area contributed by atoms with Crippen LogP contribution in [0, 0.1) is 0 Å². The lowest BCUT2D eigenvalue weighted by molar-refractivity contribution is 0.179. The molecule has 0 spiro atoms. The first-order valence-electron chi connectivity index (χ1n) is 6.54. The van der Waals surface area contributed by atoms with Crippen LogP contribution in [0.25, 0.3) is 21.5 Å². The van der Waals surface area contributed by atoms with Gasteiger partial charge < -0.3 is 10.4 Å². The molecule has 20 heavy (non-hydrogen) atoms. The summed E-state index contributed by atoms with van der Waals surface area (Å²) in [5, 5.41) is 18.1. The van der Waals surface area contributed by atoms with Crippen LogP contribution >= 0.6 is 12.4 Å². The van der Waals surface area contributed by atoms with E-state index in [4.69, 9.17) is 0 Å². The zero-order valence-electron chi connectivity index (χ0n) is 11.3. The SMILES string of the molecule is CNCC(O)c1cc2ccccc2c2ccccc12.Cl. The molecule has 0 aromatic heterocycles. The van der Waals surface area contributed by atoms with Crippen molar-refractivity contribution in [3.05, 3.63) is 60.2 Å². The third-order valence-corrected chi connectivity index (χ3v) is 3.56. The molecular weight excluding hydrogens is 270 g/mol. The molecular formula is C17H18ClNO. The van der Waals surface area contributed by atoms with E-state index in [9.17, 15) is 5.11 Å². The Hall–Kier alpha value is -1.61. The predicted octanol–water partition coefficient (Wildman–Crippen LogP) is 3.67. The van der Waals surface area contributed by atoms with Gasteiger partial charge in [-0.3, -0.25) is 0 Å². The number of halogens is 1. The van der Waals surface area contributed by atoms with Gasteiger partial charge in [-0.05, 0) is 40.2 Å². The molecule has 3 rings (SSSR count). The van der Waals surface area contributed by atoms with E-state index in [1.54, 1.807) is 0 Å². The number of fused-ring (bicyclic) bond motifs is 3. The summed E-state index contributed by atoms with van der Waals surface area (Å²) in [6.07, 6.45) is -0.487. The van der Waals surface area contributed by atoms with Crippen molar-refractivity contribution in [1.82, 2.24) is 5.32 Å². The third kappa shape index (κ3) is 2.50. The summed E-state index contributed by atoms with van der Waals surface area (Å²) in [5.41, 5.74) is 0.989. The smallest absolute Gasteiger partial charge is 0.0920 e. The second kappa shape index (κ2) is 6.23. The van der Waals surface area contributed by atoms with Crippen molar-refractivity contribution in [3.63, 3.8) is 0 Å². The predicted molar refractivity (Wildman–Crippen MR) is 87.6 cm³/mol. The number of hydrogen-bond donors (Lipinski definition) is 2. The van der Waals surface area contributed by atoms with E-state index in [1.165, 1.54) is 16.2 Å². The fraction of sp³-hybridized carbons (Fsp3) is 0.176. The average molecular weight is 288 g/mol. The Bertz CT molecular complexity index is 726. The first kappa shape index (κ1) is 14.8. The summed E-state index contributed by atoms with van der Waals surface area (Å²) in [5.74, 6) is 0. The third-order valence-electron chi connectivity index (χ3n) is 3.56. The summed E-state index contributed by atoms with van der Waals surface area (Å²) in [4.78, 5) is 0. The van der Waals surface area contributed by atoms with Gasteiger partial charge in [0.05, 0.1) is 6.10 Å². The van der Waals surface area contributed by atoms with E-state index < -0.39 is 6.10 Å². The zero-order chi connectivity index (χ0) is 13.2. The maximum absolute atomic E-state index is 10.3. The Morgan fingerprint density at radius 3 is 2.25 bits per heavy atom. The van der Waals surface area contributed by atoms with Crippen LogP contribution in [0.5, 0.6) is 0 Å². The molecule has 3 aromatic carbocycles. The molecule has 2 nitrogen and oxygen atoms in total. The van der Waals surface area contributed by atoms with Crippen molar-refractivity contribution in [3.8, 4) is 0 Å². The fourth-order valence-electron chi connectivity index (χ4n) is 2.66. The van der Waals surface area contributed by atoms with Crippen molar-refractivity contribution in [2.45, 2.75) is 6.10 Å². The van der Waals surface area contributed by atoms with Gasteiger partial charge in [-0.1, -0.05) is 48.5 Å². The van der Waals surface area contributed by atoms with E-state index in [0.29, 0.717) is 6.54 Å². The standard InChI is InChI=1S/C17H17NO.ClH/c1-18-11-17(19)16-10-12-6-2-3-7-13(12)14-8-4-5-9-15(14)16;/h2-10,17-19H,11H2,1H3;1H. The summed E-state index contributed by atoms with van der Waals surface area (Å²) < 4.78 is 0. The van der Waals surface area contributed by atoms with Crippen LogP contribution in [0.3, 0.4) is 0 Å². The van der Waals surface area contributed by atoms with Crippen molar-refractivity contribution in [1.29, 1.82) is 0 Å². The van der Waals surface area contributed by atoms with E-state index in [2.05, 4.69) is 41.7 Å². The molecule has 1 atom stereocenters. The van der Waals surface area contributed by atoms with Crippen LogP contribution in [-0.2, 0) is 0 Å². The van der Waals surface area contributed by atoms with Gasteiger partial charge in [-0.25, -0.2) is 0 Å². The van der Waals surface area contributed by atoms with E-state index in [1.807, 2.05) is 25.2 Å². The Morgan fingerprint density at radius 2 is 1.55 bits per heavy atom. The Kier molecular flexibility index (Phi) is 4.61. The number of benzene rings is 3. The van der Waals surface area contributed by atoms with Gasteiger partial charge in [0.1, 0.15) is 0 Å². The molecule has 1 unspecified atom stereocenters. The Balaban J connectivity index is 0.00000147. The summed E-state index contributed by atoms with van der Waals surface area (Å²) in [6, 6.07) is 18.7. The molecule has 0 aliphatic rings. The normalized spacial score (nSPS) is 12.3. The van der Waals surface area contributed by atoms with Gasteiger partial charge in [-0.2, -0.15) is 0 Å². The van der Waals surface area contributed by atoms with Gasteiger partial charge >= 0.3 is 0 Å². The van der Waals surface area contributed by atoms with Crippen LogP contribution < -0.4 is 5.32 Å². The van der Waals surface area contributed by atoms with E-state index in [0.717, 1.165) is 10.9 Å². The molecule has 0 saturated carbocycles. The van der Waals surface area contributed by atoms with E-state index in [-0.39, 0.29) is 12.4 Å². The molecule has 0 heterocycles. The molecule has 3 aromatic rings. The minimum atomic E-state index is -0.487. The van der Waals surface area contributed by atoms with Gasteiger partial charge in [0.2, 0.25) is 0 Å². The first-order chi connectivity index (χ1) is 9.31. The maximum atomic E-state index is 10.3. The highest BCUT2D eigenvalue weighted by Gasteiger charge is 2.12. The highest BCUT2D eigenvalue weighted by molar-refractivity contribution is 6.09. The minimum Gasteiger partial charge on any atom is -0.387 e. The van der Waals surface area contributed by atoms with Crippen molar-refractivity contribution < 1.29 is 5.11 Å². The van der Waals surface area contributed by atoms with Gasteiger partial charge in [-0.15, -0.1) is 12.4 Å². The van der Waals surface area contributed by atoms with Gasteiger partial charge in [0, 0.05) is 6.54 Å². The molecule has 3 heteroatoms. The van der Waals surface area contributed by atoms with Crippen LogP contribution in [-0.4, -0.2) is 18.7 Å². The topological polar surface area (TPSA) is 32.3 Å². The molecule has 0 aliphatic carbocycles. The average Bonchev–Trinajstić information content (AvgIpc) is 2.46. The van der Waals surface area contributed by atoms with Crippen molar-refractivity contribution in [2.24, 2.45) is 0 Å². The quantitative estimate of drug-likeness (QED) is 0.721. The molecule has 0 fully saturated rings. The second-order valence-corrected chi connectivity index (χ2v) is 4.81. The highest BCUT2D eigenvalue weighted by atomic mass is 35.5. The van der Waals surface area contributed by atoms with Crippen molar-refractivity contribution >= 4 is 34.0 Å². The highest BCUT2D eigenvalue weighted by Crippen LogP contribution is 2.31. The lowest BCUT2D eigenvalue weighted by Crippen LogP contribution is -2.16. The fourth-order valence-corrected chi connectivity index (χ4v) is 2.66. The summed E-state index contributed by atoms with van der Waals surface area (Å²) in [6.45, 7) is 0.558. The Morgan fingerprint density at radius 1 is 0.950 bits per heavy atom. The molecule has 104 valence electrons. The Labute approximate surface area is 124 Å². The van der Waals surface area contributed by atoms with E-state index >= 15 is 0 Å². The van der Waals surface area contributed by atoms with Crippen LogP contribution in [0.2, 0.25) is 0 Å². The van der Waals surface area contributed by atoms with Crippen LogP contribution in [0.1, 0.15) is 11.7 Å². The number of aliphatic hydroxyl groups excluding tert-OH is 1. The molecule has 0 bridgehead atoms. The number of aliphatic hydroxyl groups is 1. The lowest BCUT2D eigenvalue weighted by Gasteiger charge is -2.15. The summed E-state index contributed by atoms with van der Waals surface area (Å²) in [7, 11) is 1.85. The van der Waals surface area contributed by atoms with Gasteiger partial charge in [0.15, 0.2) is 0 Å². The number of hydrogen-bond acceptors (Lipinski definition) is 2. The number of likely N-dealkylation sites (N-methyl/N-ethyl adjacent to an activating group) is 1. The molecule has 0 saturated heterocycles. The maximum Gasteiger partial charge on any atom is 0.0920 e. The zero-order valence-corrected chi connectivity index (χ0v) is 12.2. The second-order valence-electron chi connectivity index (χ2n) is 4.81. The largest absolute Gasteiger partial charge is 0.387 e. The number of rotatable bonds is 3. The van der Waals surface area contributed by atoms with Crippen molar-refractivity contribution in [2.75, 3.05) is 13.6 Å². The van der Waals surface area contributed by atoms with Crippen LogP contribution in [0.15, 0.2) is 54.6 Å². The molecule has 0 radical (unpaired) electrons. The minimum absolute atomic E-state index is 0. The molecule has 0 amide bonds. The monoisotopic (exact) mass is 287 g/mol. The number of nitrogens with one attached hydrogen (secondary N) is 1.